The largest absolute Gasteiger partial charge is 0.376 e. The normalized spacial score (nSPS) is 18.5. The molecule has 1 atom stereocenters. The molecule has 0 bridgehead atoms. The first kappa shape index (κ1) is 18.4. The number of carbonyl (C=O) groups excluding carboxylic acids is 3. The highest BCUT2D eigenvalue weighted by Gasteiger charge is 2.37. The molecule has 4 rings (SSSR count). The number of aryl methyl sites for hydroxylation is 2. The van der Waals surface area contributed by atoms with Gasteiger partial charge in [-0.05, 0) is 62.1 Å². The minimum atomic E-state index is -0.400. The summed E-state index contributed by atoms with van der Waals surface area (Å²) in [5, 5.41) is 2.84. The molecule has 6 nitrogen and oxygen atoms in total. The summed E-state index contributed by atoms with van der Waals surface area (Å²) in [5.41, 5.74) is 3.33. The van der Waals surface area contributed by atoms with E-state index < -0.39 is 5.91 Å². The minimum absolute atomic E-state index is 0.0429. The summed E-state index contributed by atoms with van der Waals surface area (Å²) in [7, 11) is 0. The number of amides is 3. The van der Waals surface area contributed by atoms with Crippen LogP contribution in [0.4, 0.5) is 5.69 Å². The molecule has 0 saturated carbocycles. The van der Waals surface area contributed by atoms with Crippen LogP contribution in [0, 0.1) is 13.8 Å². The van der Waals surface area contributed by atoms with Gasteiger partial charge in [-0.2, -0.15) is 0 Å². The van der Waals surface area contributed by atoms with Crippen LogP contribution in [-0.2, 0) is 4.74 Å². The van der Waals surface area contributed by atoms with Gasteiger partial charge in [-0.15, -0.1) is 0 Å². The molecule has 2 aliphatic rings. The monoisotopic (exact) mass is 378 g/mol. The van der Waals surface area contributed by atoms with Crippen LogP contribution in [0.1, 0.15) is 55.0 Å². The molecule has 0 radical (unpaired) electrons. The Morgan fingerprint density at radius 3 is 2.64 bits per heavy atom. The van der Waals surface area contributed by atoms with Crippen molar-refractivity contribution in [3.8, 4) is 0 Å². The number of rotatable bonds is 4. The number of benzene rings is 2. The van der Waals surface area contributed by atoms with Crippen LogP contribution in [0.25, 0.3) is 0 Å². The lowest BCUT2D eigenvalue weighted by molar-refractivity contribution is 0.0857. The van der Waals surface area contributed by atoms with Crippen LogP contribution in [0.15, 0.2) is 36.4 Å². The number of hydrogen-bond donors (Lipinski definition) is 1. The molecule has 28 heavy (non-hydrogen) atoms. The van der Waals surface area contributed by atoms with Crippen molar-refractivity contribution in [3.05, 3.63) is 64.2 Å². The second kappa shape index (κ2) is 7.20. The van der Waals surface area contributed by atoms with Crippen molar-refractivity contribution in [2.24, 2.45) is 0 Å². The Balaban J connectivity index is 1.58. The van der Waals surface area contributed by atoms with Crippen molar-refractivity contribution < 1.29 is 19.1 Å². The average Bonchev–Trinajstić information content (AvgIpc) is 3.29. The van der Waals surface area contributed by atoms with E-state index in [1.807, 2.05) is 32.0 Å². The standard InChI is InChI=1S/C22H22N2O4/c1-13-5-6-14(2)19(10-13)24-21(26)17-8-7-15(11-18(17)22(24)27)20(25)23-12-16-4-3-9-28-16/h5-8,10-11,16H,3-4,9,12H2,1-2H3,(H,23,25). The van der Waals surface area contributed by atoms with Crippen LogP contribution < -0.4 is 10.2 Å². The number of nitrogens with one attached hydrogen (secondary N) is 1. The van der Waals surface area contributed by atoms with Gasteiger partial charge < -0.3 is 10.1 Å². The van der Waals surface area contributed by atoms with Crippen molar-refractivity contribution in [3.63, 3.8) is 0 Å². The zero-order chi connectivity index (χ0) is 19.8. The zero-order valence-corrected chi connectivity index (χ0v) is 16.0. The van der Waals surface area contributed by atoms with E-state index in [-0.39, 0.29) is 23.5 Å². The lowest BCUT2D eigenvalue weighted by Gasteiger charge is -2.17. The molecule has 1 saturated heterocycles. The molecule has 0 aromatic heterocycles. The van der Waals surface area contributed by atoms with Gasteiger partial charge in [0.2, 0.25) is 0 Å². The van der Waals surface area contributed by atoms with Gasteiger partial charge in [0.1, 0.15) is 0 Å². The molecule has 2 aliphatic heterocycles. The molecule has 6 heteroatoms. The predicted molar refractivity (Wildman–Crippen MR) is 105 cm³/mol. The summed E-state index contributed by atoms with van der Waals surface area (Å²) in [6.45, 7) is 4.95. The van der Waals surface area contributed by atoms with E-state index in [4.69, 9.17) is 4.74 Å². The fraction of sp³-hybridized carbons (Fsp3) is 0.318. The lowest BCUT2D eigenvalue weighted by Crippen LogP contribution is -2.32. The number of nitrogens with zero attached hydrogens (tertiary/aromatic N) is 1. The Morgan fingerprint density at radius 1 is 1.11 bits per heavy atom. The maximum Gasteiger partial charge on any atom is 0.266 e. The maximum atomic E-state index is 13.0. The molecule has 2 aromatic rings. The number of hydrogen-bond acceptors (Lipinski definition) is 4. The first-order valence-electron chi connectivity index (χ1n) is 9.45. The molecular formula is C22H22N2O4. The van der Waals surface area contributed by atoms with E-state index in [0.717, 1.165) is 30.6 Å². The van der Waals surface area contributed by atoms with Gasteiger partial charge >= 0.3 is 0 Å². The Kier molecular flexibility index (Phi) is 4.73. The van der Waals surface area contributed by atoms with E-state index in [1.54, 1.807) is 12.1 Å². The van der Waals surface area contributed by atoms with Gasteiger partial charge in [0.15, 0.2) is 0 Å². The number of carbonyl (C=O) groups is 3. The van der Waals surface area contributed by atoms with Crippen molar-refractivity contribution in [2.75, 3.05) is 18.1 Å². The highest BCUT2D eigenvalue weighted by Crippen LogP contribution is 2.31. The second-order valence-electron chi connectivity index (χ2n) is 7.34. The van der Waals surface area contributed by atoms with Crippen molar-refractivity contribution in [2.45, 2.75) is 32.8 Å². The molecule has 3 amide bonds. The molecule has 1 unspecified atom stereocenters. The second-order valence-corrected chi connectivity index (χ2v) is 7.34. The molecule has 1 N–H and O–H groups in total. The molecule has 2 heterocycles. The fourth-order valence-electron chi connectivity index (χ4n) is 3.68. The highest BCUT2D eigenvalue weighted by molar-refractivity contribution is 6.35. The van der Waals surface area contributed by atoms with Gasteiger partial charge in [0.25, 0.3) is 17.7 Å². The van der Waals surface area contributed by atoms with Crippen LogP contribution in [-0.4, -0.2) is 37.0 Å². The molecule has 144 valence electrons. The van der Waals surface area contributed by atoms with Crippen molar-refractivity contribution >= 4 is 23.4 Å². The van der Waals surface area contributed by atoms with Crippen LogP contribution in [0.3, 0.4) is 0 Å². The van der Waals surface area contributed by atoms with E-state index in [1.165, 1.54) is 11.0 Å². The number of ether oxygens (including phenoxy) is 1. The van der Waals surface area contributed by atoms with Gasteiger partial charge in [0, 0.05) is 18.7 Å². The van der Waals surface area contributed by atoms with Gasteiger partial charge in [-0.1, -0.05) is 12.1 Å². The quantitative estimate of drug-likeness (QED) is 0.830. The van der Waals surface area contributed by atoms with E-state index in [9.17, 15) is 14.4 Å². The molecule has 0 spiro atoms. The summed E-state index contributed by atoms with van der Waals surface area (Å²) >= 11 is 0. The predicted octanol–water partition coefficient (Wildman–Crippen LogP) is 3.01. The Labute approximate surface area is 163 Å². The summed E-state index contributed by atoms with van der Waals surface area (Å²) in [6, 6.07) is 10.3. The Morgan fingerprint density at radius 2 is 1.89 bits per heavy atom. The number of fused-ring (bicyclic) bond motifs is 1. The van der Waals surface area contributed by atoms with Crippen molar-refractivity contribution in [1.29, 1.82) is 0 Å². The Bertz CT molecular complexity index is 976. The highest BCUT2D eigenvalue weighted by atomic mass is 16.5. The first-order chi connectivity index (χ1) is 13.5. The summed E-state index contributed by atoms with van der Waals surface area (Å²) in [4.78, 5) is 39.5. The third-order valence-electron chi connectivity index (χ3n) is 5.27. The third kappa shape index (κ3) is 3.20. The fourth-order valence-corrected chi connectivity index (χ4v) is 3.68. The topological polar surface area (TPSA) is 75.7 Å². The van der Waals surface area contributed by atoms with Gasteiger partial charge in [-0.3, -0.25) is 14.4 Å². The van der Waals surface area contributed by atoms with Crippen molar-refractivity contribution in [1.82, 2.24) is 5.32 Å². The number of imide groups is 1. The number of anilines is 1. The minimum Gasteiger partial charge on any atom is -0.376 e. The smallest absolute Gasteiger partial charge is 0.266 e. The van der Waals surface area contributed by atoms with E-state index >= 15 is 0 Å². The van der Waals surface area contributed by atoms with Gasteiger partial charge in [0.05, 0.1) is 22.9 Å². The summed E-state index contributed by atoms with van der Waals surface area (Å²) < 4.78 is 5.51. The Hall–Kier alpha value is -2.99. The molecule has 2 aromatic carbocycles. The summed E-state index contributed by atoms with van der Waals surface area (Å²) in [6.07, 6.45) is 1.98. The van der Waals surface area contributed by atoms with Crippen LogP contribution in [0.2, 0.25) is 0 Å². The molecular weight excluding hydrogens is 356 g/mol. The van der Waals surface area contributed by atoms with E-state index in [0.29, 0.717) is 23.4 Å². The van der Waals surface area contributed by atoms with E-state index in [2.05, 4.69) is 5.32 Å². The average molecular weight is 378 g/mol. The first-order valence-corrected chi connectivity index (χ1v) is 9.45. The van der Waals surface area contributed by atoms with Crippen LogP contribution in [0.5, 0.6) is 0 Å². The third-order valence-corrected chi connectivity index (χ3v) is 5.27. The molecule has 1 fully saturated rings. The van der Waals surface area contributed by atoms with Gasteiger partial charge in [-0.25, -0.2) is 4.90 Å². The lowest BCUT2D eigenvalue weighted by atomic mass is 10.1. The van der Waals surface area contributed by atoms with Crippen LogP contribution >= 0.6 is 0 Å². The zero-order valence-electron chi connectivity index (χ0n) is 16.0. The maximum absolute atomic E-state index is 13.0. The molecule has 0 aliphatic carbocycles. The summed E-state index contributed by atoms with van der Waals surface area (Å²) in [5.74, 6) is -1.04. The SMILES string of the molecule is Cc1ccc(C)c(N2C(=O)c3ccc(C(=O)NCC4CCCO4)cc3C2=O)c1.